The summed E-state index contributed by atoms with van der Waals surface area (Å²) in [5.74, 6) is -0.612. The number of nitrogens with zero attached hydrogens (tertiary/aromatic N) is 3. The monoisotopic (exact) mass is 475 g/mol. The van der Waals surface area contributed by atoms with Crippen molar-refractivity contribution in [3.05, 3.63) is 113 Å². The molecule has 2 aromatic carbocycles. The summed E-state index contributed by atoms with van der Waals surface area (Å²) in [4.78, 5) is 42.1. The standard InChI is InChI=1S/C25H21N3O5S/c1-3-33-24(30)21-16(2)26-25-27(22(21)18-12-8-13-19(15-18)28(31)32)23(29)20(34-25)14-7-11-17-9-5-4-6-10-17/h4-15,22H,3H2,1-2H3. The second-order valence-electron chi connectivity index (χ2n) is 7.45. The number of esters is 1. The second-order valence-corrected chi connectivity index (χ2v) is 8.46. The van der Waals surface area contributed by atoms with Gasteiger partial charge in [0.25, 0.3) is 11.2 Å². The highest BCUT2D eigenvalue weighted by Crippen LogP contribution is 2.32. The minimum atomic E-state index is -0.893. The van der Waals surface area contributed by atoms with Gasteiger partial charge in [0.15, 0.2) is 4.80 Å². The van der Waals surface area contributed by atoms with Gasteiger partial charge in [-0.2, -0.15) is 0 Å². The summed E-state index contributed by atoms with van der Waals surface area (Å²) in [6, 6.07) is 14.7. The van der Waals surface area contributed by atoms with Gasteiger partial charge in [-0.3, -0.25) is 19.5 Å². The van der Waals surface area contributed by atoms with Crippen LogP contribution in [0.4, 0.5) is 5.69 Å². The maximum Gasteiger partial charge on any atom is 0.338 e. The van der Waals surface area contributed by atoms with E-state index in [9.17, 15) is 19.7 Å². The van der Waals surface area contributed by atoms with Gasteiger partial charge in [-0.15, -0.1) is 0 Å². The number of carbonyl (C=O) groups excluding carboxylic acids is 1. The maximum atomic E-state index is 13.4. The molecule has 0 spiro atoms. The smallest absolute Gasteiger partial charge is 0.338 e. The van der Waals surface area contributed by atoms with Crippen LogP contribution in [0.15, 0.2) is 81.7 Å². The summed E-state index contributed by atoms with van der Waals surface area (Å²) < 4.78 is 7.07. The molecule has 8 nitrogen and oxygen atoms in total. The zero-order valence-corrected chi connectivity index (χ0v) is 19.3. The average Bonchev–Trinajstić information content (AvgIpc) is 3.13. The second kappa shape index (κ2) is 9.80. The van der Waals surface area contributed by atoms with E-state index in [2.05, 4.69) is 4.99 Å². The topological polar surface area (TPSA) is 104 Å². The fourth-order valence-corrected chi connectivity index (χ4v) is 4.74. The molecule has 34 heavy (non-hydrogen) atoms. The summed E-state index contributed by atoms with van der Waals surface area (Å²) in [5.41, 5.74) is 1.53. The van der Waals surface area contributed by atoms with E-state index in [-0.39, 0.29) is 23.4 Å². The third kappa shape index (κ3) is 4.51. The van der Waals surface area contributed by atoms with Gasteiger partial charge in [0, 0.05) is 12.1 Å². The highest BCUT2D eigenvalue weighted by molar-refractivity contribution is 7.07. The third-order valence-electron chi connectivity index (χ3n) is 5.25. The van der Waals surface area contributed by atoms with E-state index in [0.717, 1.165) is 5.56 Å². The molecule has 0 radical (unpaired) electrons. The molecule has 172 valence electrons. The zero-order valence-electron chi connectivity index (χ0n) is 18.5. The fourth-order valence-electron chi connectivity index (χ4n) is 3.74. The quantitative estimate of drug-likeness (QED) is 0.309. The number of nitro groups is 1. The zero-order chi connectivity index (χ0) is 24.2. The molecule has 1 atom stereocenters. The highest BCUT2D eigenvalue weighted by Gasteiger charge is 2.33. The number of nitro benzene ring substituents is 1. The van der Waals surface area contributed by atoms with E-state index in [4.69, 9.17) is 4.74 Å². The first-order valence-corrected chi connectivity index (χ1v) is 11.4. The van der Waals surface area contributed by atoms with Gasteiger partial charge in [-0.1, -0.05) is 66.0 Å². The summed E-state index contributed by atoms with van der Waals surface area (Å²) in [7, 11) is 0. The SMILES string of the molecule is CCOC(=O)C1=C(C)N=c2sc(=CC=Cc3ccccc3)c(=O)n2C1c1cccc([N+](=O)[O-])c1. The average molecular weight is 476 g/mol. The van der Waals surface area contributed by atoms with E-state index in [1.807, 2.05) is 36.4 Å². The van der Waals surface area contributed by atoms with Gasteiger partial charge in [0.05, 0.1) is 33.4 Å². The molecule has 1 unspecified atom stereocenters. The van der Waals surface area contributed by atoms with Gasteiger partial charge in [0.2, 0.25) is 0 Å². The Bertz CT molecular complexity index is 1500. The van der Waals surface area contributed by atoms with Crippen LogP contribution in [-0.2, 0) is 9.53 Å². The van der Waals surface area contributed by atoms with Crippen molar-refractivity contribution in [2.75, 3.05) is 6.61 Å². The number of benzene rings is 2. The van der Waals surface area contributed by atoms with E-state index >= 15 is 0 Å². The van der Waals surface area contributed by atoms with E-state index in [0.29, 0.717) is 20.6 Å². The molecule has 1 aliphatic rings. The Labute approximate surface area is 198 Å². The van der Waals surface area contributed by atoms with Gasteiger partial charge >= 0.3 is 5.97 Å². The lowest BCUT2D eigenvalue weighted by atomic mass is 9.95. The first-order valence-electron chi connectivity index (χ1n) is 10.6. The number of hydrogen-bond donors (Lipinski definition) is 0. The summed E-state index contributed by atoms with van der Waals surface area (Å²) in [6.07, 6.45) is 5.36. The number of hydrogen-bond acceptors (Lipinski definition) is 7. The first kappa shape index (κ1) is 23.1. The molecule has 0 bridgehead atoms. The third-order valence-corrected chi connectivity index (χ3v) is 6.25. The van der Waals surface area contributed by atoms with Crippen LogP contribution in [-0.4, -0.2) is 22.1 Å². The van der Waals surface area contributed by atoms with Crippen molar-refractivity contribution >= 4 is 35.1 Å². The number of aromatic nitrogens is 1. The minimum Gasteiger partial charge on any atom is -0.463 e. The number of fused-ring (bicyclic) bond motifs is 1. The number of rotatable bonds is 6. The van der Waals surface area contributed by atoms with Crippen LogP contribution in [0.5, 0.6) is 0 Å². The van der Waals surface area contributed by atoms with Crippen molar-refractivity contribution in [3.63, 3.8) is 0 Å². The van der Waals surface area contributed by atoms with Crippen molar-refractivity contribution in [1.82, 2.24) is 4.57 Å². The lowest BCUT2D eigenvalue weighted by Gasteiger charge is -2.24. The Morgan fingerprint density at radius 2 is 2.00 bits per heavy atom. The normalized spacial score (nSPS) is 15.8. The van der Waals surface area contributed by atoms with E-state index in [1.165, 1.54) is 34.1 Å². The van der Waals surface area contributed by atoms with Crippen LogP contribution in [0.2, 0.25) is 0 Å². The lowest BCUT2D eigenvalue weighted by Crippen LogP contribution is -2.39. The molecule has 0 saturated carbocycles. The molecule has 3 aromatic rings. The molecule has 9 heteroatoms. The number of ether oxygens (including phenoxy) is 1. The minimum absolute atomic E-state index is 0.136. The van der Waals surface area contributed by atoms with Crippen LogP contribution in [0.25, 0.3) is 12.2 Å². The molecule has 0 fully saturated rings. The predicted molar refractivity (Wildman–Crippen MR) is 130 cm³/mol. The number of thiazole rings is 1. The molecular formula is C25H21N3O5S. The van der Waals surface area contributed by atoms with E-state index in [1.54, 1.807) is 32.1 Å². The number of non-ortho nitro benzene ring substituents is 1. The Hall–Kier alpha value is -4.11. The molecule has 0 aliphatic carbocycles. The van der Waals surface area contributed by atoms with Crippen molar-refractivity contribution < 1.29 is 14.5 Å². The largest absolute Gasteiger partial charge is 0.463 e. The summed E-state index contributed by atoms with van der Waals surface area (Å²) >= 11 is 1.19. The Morgan fingerprint density at radius 3 is 2.71 bits per heavy atom. The molecule has 4 rings (SSSR count). The van der Waals surface area contributed by atoms with Crippen molar-refractivity contribution in [2.45, 2.75) is 19.9 Å². The highest BCUT2D eigenvalue weighted by atomic mass is 32.1. The molecule has 0 N–H and O–H groups in total. The number of carbonyl (C=O) groups is 1. The van der Waals surface area contributed by atoms with Gasteiger partial charge in [-0.25, -0.2) is 9.79 Å². The van der Waals surface area contributed by atoms with Gasteiger partial charge in [-0.05, 0) is 31.1 Å². The number of allylic oxidation sites excluding steroid dienone is 2. The lowest BCUT2D eigenvalue weighted by molar-refractivity contribution is -0.384. The van der Waals surface area contributed by atoms with Gasteiger partial charge < -0.3 is 4.74 Å². The van der Waals surface area contributed by atoms with E-state index < -0.39 is 16.9 Å². The van der Waals surface area contributed by atoms with Crippen LogP contribution in [0.3, 0.4) is 0 Å². The molecular weight excluding hydrogens is 454 g/mol. The first-order chi connectivity index (χ1) is 16.4. The summed E-state index contributed by atoms with van der Waals surface area (Å²) in [6.45, 7) is 3.50. The Kier molecular flexibility index (Phi) is 6.65. The summed E-state index contributed by atoms with van der Waals surface area (Å²) in [5, 5.41) is 11.4. The van der Waals surface area contributed by atoms with Crippen molar-refractivity contribution in [1.29, 1.82) is 0 Å². The van der Waals surface area contributed by atoms with Crippen LogP contribution >= 0.6 is 11.3 Å². The van der Waals surface area contributed by atoms with Crippen LogP contribution in [0, 0.1) is 10.1 Å². The van der Waals surface area contributed by atoms with Crippen molar-refractivity contribution in [3.8, 4) is 0 Å². The maximum absolute atomic E-state index is 13.4. The molecule has 1 aliphatic heterocycles. The molecule has 0 saturated heterocycles. The van der Waals surface area contributed by atoms with Crippen LogP contribution in [0.1, 0.15) is 31.0 Å². The predicted octanol–water partition coefficient (Wildman–Crippen LogP) is 3.37. The van der Waals surface area contributed by atoms with Gasteiger partial charge in [0.1, 0.15) is 0 Å². The Balaban J connectivity index is 1.89. The molecule has 1 aromatic heterocycles. The van der Waals surface area contributed by atoms with Crippen LogP contribution < -0.4 is 14.9 Å². The molecule has 2 heterocycles. The molecule has 0 amide bonds. The Morgan fingerprint density at radius 1 is 1.24 bits per heavy atom. The fraction of sp³-hybridized carbons (Fsp3) is 0.160. The van der Waals surface area contributed by atoms with Crippen molar-refractivity contribution in [2.24, 2.45) is 4.99 Å².